The van der Waals surface area contributed by atoms with Crippen LogP contribution in [0.4, 0.5) is 0 Å². The number of aromatic hydroxyl groups is 3. The van der Waals surface area contributed by atoms with Crippen LogP contribution >= 0.6 is 0 Å². The summed E-state index contributed by atoms with van der Waals surface area (Å²) in [5, 5.41) is 80.9. The number of Topliss-reactive ketones (excluding diaryl/α,β-unsaturated/α-hetero) is 1. The van der Waals surface area contributed by atoms with Crippen LogP contribution in [0.5, 0.6) is 28.7 Å². The van der Waals surface area contributed by atoms with E-state index in [0.717, 1.165) is 12.1 Å². The van der Waals surface area contributed by atoms with Crippen LogP contribution in [0.2, 0.25) is 0 Å². The van der Waals surface area contributed by atoms with Crippen molar-refractivity contribution in [3.63, 3.8) is 0 Å². The van der Waals surface area contributed by atoms with Gasteiger partial charge < -0.3 is 69.3 Å². The number of benzene rings is 2. The molecule has 0 saturated carbocycles. The molecule has 8 N–H and O–H groups in total. The molecular formula is C27H32O16. The number of aliphatic hydroxyl groups excluding tert-OH is 5. The molecule has 2 aliphatic rings. The van der Waals surface area contributed by atoms with Crippen molar-refractivity contribution in [2.45, 2.75) is 62.2 Å². The van der Waals surface area contributed by atoms with Gasteiger partial charge in [-0.3, -0.25) is 4.79 Å². The van der Waals surface area contributed by atoms with Crippen LogP contribution in [0.3, 0.4) is 0 Å². The molecule has 16 nitrogen and oxygen atoms in total. The highest BCUT2D eigenvalue weighted by molar-refractivity contribution is 5.97. The van der Waals surface area contributed by atoms with Crippen molar-refractivity contribution in [3.05, 3.63) is 41.5 Å². The van der Waals surface area contributed by atoms with Gasteiger partial charge in [0.1, 0.15) is 48.1 Å². The zero-order valence-electron chi connectivity index (χ0n) is 22.8. The van der Waals surface area contributed by atoms with Crippen LogP contribution in [0.1, 0.15) is 27.6 Å². The Morgan fingerprint density at radius 3 is 2.21 bits per heavy atom. The lowest BCUT2D eigenvalue weighted by molar-refractivity contribution is -0.338. The molecular weight excluding hydrogens is 580 g/mol. The molecule has 2 saturated heterocycles. The topological polar surface area (TPSA) is 251 Å². The Bertz CT molecular complexity index is 1290. The number of rotatable bonds is 9. The molecule has 0 amide bonds. The molecule has 2 aliphatic heterocycles. The summed E-state index contributed by atoms with van der Waals surface area (Å²) in [7, 11) is 1.37. The van der Waals surface area contributed by atoms with E-state index in [1.165, 1.54) is 32.2 Å². The number of carbonyl (C=O) groups excluding carboxylic acids is 2. The van der Waals surface area contributed by atoms with Crippen molar-refractivity contribution in [1.29, 1.82) is 0 Å². The number of aliphatic hydroxyl groups is 5. The van der Waals surface area contributed by atoms with E-state index < -0.39 is 96.5 Å². The summed E-state index contributed by atoms with van der Waals surface area (Å²) in [5.41, 5.74) is -0.382. The average molecular weight is 613 g/mol. The molecule has 0 aliphatic carbocycles. The number of ether oxygens (including phenoxy) is 6. The molecule has 0 spiro atoms. The van der Waals surface area contributed by atoms with Crippen molar-refractivity contribution >= 4 is 11.8 Å². The second kappa shape index (κ2) is 13.3. The van der Waals surface area contributed by atoms with Gasteiger partial charge in [0.05, 0.1) is 31.5 Å². The number of esters is 1. The molecule has 2 fully saturated rings. The predicted octanol–water partition coefficient (Wildman–Crippen LogP) is -1.48. The average Bonchev–Trinajstić information content (AvgIpc) is 2.97. The van der Waals surface area contributed by atoms with Gasteiger partial charge in [-0.1, -0.05) is 0 Å². The maximum atomic E-state index is 12.9. The molecule has 2 aromatic carbocycles. The first-order valence-corrected chi connectivity index (χ1v) is 12.9. The number of carbonyl (C=O) groups is 2. The quantitative estimate of drug-likeness (QED) is 0.0913. The van der Waals surface area contributed by atoms with Gasteiger partial charge in [-0.15, -0.1) is 0 Å². The van der Waals surface area contributed by atoms with E-state index in [4.69, 9.17) is 28.4 Å². The molecule has 16 heteroatoms. The lowest BCUT2D eigenvalue weighted by atomic mass is 10.0. The molecule has 2 heterocycles. The third-order valence-electron chi connectivity index (χ3n) is 6.89. The molecule has 0 aromatic heterocycles. The van der Waals surface area contributed by atoms with Gasteiger partial charge in [0.2, 0.25) is 12.6 Å². The zero-order valence-corrected chi connectivity index (χ0v) is 22.8. The summed E-state index contributed by atoms with van der Waals surface area (Å²) in [6.45, 7) is 0.376. The SMILES string of the molecule is COc1ccc(C(C)=O)c(O[C@@H]2O[C@H](OC[C@@H]3OC[C@H](O)[C@H](O)[C@@H]3O)[C@@H](OC(=O)c3cc(O)c(O)c(O)c3)[C@H](O)[C@H]2O)c1. The van der Waals surface area contributed by atoms with Crippen LogP contribution in [0.25, 0.3) is 0 Å². The van der Waals surface area contributed by atoms with Gasteiger partial charge in [-0.25, -0.2) is 4.79 Å². The highest BCUT2D eigenvalue weighted by atomic mass is 16.8. The van der Waals surface area contributed by atoms with E-state index in [2.05, 4.69) is 0 Å². The first-order chi connectivity index (χ1) is 20.3. The minimum absolute atomic E-state index is 0.0790. The number of hydrogen-bond donors (Lipinski definition) is 8. The van der Waals surface area contributed by atoms with E-state index >= 15 is 0 Å². The van der Waals surface area contributed by atoms with E-state index in [-0.39, 0.29) is 23.7 Å². The number of phenolic OH excluding ortho intramolecular Hbond substituents is 3. The Labute approximate surface area is 243 Å². The van der Waals surface area contributed by atoms with Crippen molar-refractivity contribution in [3.8, 4) is 28.7 Å². The fourth-order valence-corrected chi connectivity index (χ4v) is 4.42. The molecule has 9 atom stereocenters. The predicted molar refractivity (Wildman–Crippen MR) is 139 cm³/mol. The van der Waals surface area contributed by atoms with Crippen molar-refractivity contribution < 1.29 is 78.9 Å². The molecule has 0 radical (unpaired) electrons. The van der Waals surface area contributed by atoms with Gasteiger partial charge >= 0.3 is 5.97 Å². The molecule has 0 unspecified atom stereocenters. The van der Waals surface area contributed by atoms with Gasteiger partial charge in [0, 0.05) is 6.07 Å². The highest BCUT2D eigenvalue weighted by Gasteiger charge is 2.50. The number of hydrogen-bond acceptors (Lipinski definition) is 16. The van der Waals surface area contributed by atoms with Gasteiger partial charge in [-0.05, 0) is 31.2 Å². The number of phenols is 3. The van der Waals surface area contributed by atoms with Crippen LogP contribution < -0.4 is 9.47 Å². The van der Waals surface area contributed by atoms with Crippen LogP contribution in [-0.4, -0.2) is 128 Å². The monoisotopic (exact) mass is 612 g/mol. The summed E-state index contributed by atoms with van der Waals surface area (Å²) < 4.78 is 32.8. The maximum absolute atomic E-state index is 12.9. The van der Waals surface area contributed by atoms with Crippen LogP contribution in [0, 0.1) is 0 Å². The number of ketones is 1. The van der Waals surface area contributed by atoms with Crippen molar-refractivity contribution in [2.75, 3.05) is 20.3 Å². The zero-order chi connectivity index (χ0) is 31.6. The Kier molecular flexibility index (Phi) is 9.93. The van der Waals surface area contributed by atoms with E-state index in [1.807, 2.05) is 0 Å². The Morgan fingerprint density at radius 1 is 0.907 bits per heavy atom. The molecule has 4 rings (SSSR count). The van der Waals surface area contributed by atoms with Crippen molar-refractivity contribution in [1.82, 2.24) is 0 Å². The van der Waals surface area contributed by atoms with Crippen LogP contribution in [-0.2, 0) is 18.9 Å². The third-order valence-corrected chi connectivity index (χ3v) is 6.89. The van der Waals surface area contributed by atoms with E-state index in [1.54, 1.807) is 0 Å². The first-order valence-electron chi connectivity index (χ1n) is 12.9. The Morgan fingerprint density at radius 2 is 1.58 bits per heavy atom. The van der Waals surface area contributed by atoms with Gasteiger partial charge in [0.25, 0.3) is 0 Å². The summed E-state index contributed by atoms with van der Waals surface area (Å²) in [6, 6.07) is 5.79. The Balaban J connectivity index is 1.60. The molecule has 2 aromatic rings. The highest BCUT2D eigenvalue weighted by Crippen LogP contribution is 2.36. The molecule has 236 valence electrons. The largest absolute Gasteiger partial charge is 0.504 e. The fraction of sp³-hybridized carbons (Fsp3) is 0.481. The van der Waals surface area contributed by atoms with Gasteiger partial charge in [0.15, 0.2) is 29.1 Å². The normalized spacial score (nSPS) is 30.8. The summed E-state index contributed by atoms with van der Waals surface area (Å²) >= 11 is 0. The minimum atomic E-state index is -1.97. The van der Waals surface area contributed by atoms with Gasteiger partial charge in [-0.2, -0.15) is 0 Å². The minimum Gasteiger partial charge on any atom is -0.504 e. The summed E-state index contributed by atoms with van der Waals surface area (Å²) in [5.74, 6) is -4.05. The number of methoxy groups -OCH3 is 1. The second-order valence-corrected chi connectivity index (χ2v) is 9.88. The van der Waals surface area contributed by atoms with Crippen LogP contribution in [0.15, 0.2) is 30.3 Å². The second-order valence-electron chi connectivity index (χ2n) is 9.88. The fourth-order valence-electron chi connectivity index (χ4n) is 4.42. The first kappa shape index (κ1) is 32.2. The van der Waals surface area contributed by atoms with E-state index in [9.17, 15) is 50.4 Å². The van der Waals surface area contributed by atoms with E-state index in [0.29, 0.717) is 0 Å². The molecule has 43 heavy (non-hydrogen) atoms. The maximum Gasteiger partial charge on any atom is 0.338 e. The smallest absolute Gasteiger partial charge is 0.338 e. The summed E-state index contributed by atoms with van der Waals surface area (Å²) in [6.07, 6.45) is -14.9. The Hall–Kier alpha value is -3.74. The third kappa shape index (κ3) is 6.92. The van der Waals surface area contributed by atoms with Crippen molar-refractivity contribution in [2.24, 2.45) is 0 Å². The molecule has 0 bridgehead atoms. The lowest BCUT2D eigenvalue weighted by Crippen LogP contribution is -2.62. The lowest BCUT2D eigenvalue weighted by Gasteiger charge is -2.42. The summed E-state index contributed by atoms with van der Waals surface area (Å²) in [4.78, 5) is 25.1. The standard InChI is InChI=1S/C27H32O16/c1-10(28)13-4-3-12(38-2)7-17(13)41-26-23(36)22(35)24(42-25(37)11-5-14(29)19(32)15(30)6-11)27(43-26)40-9-18-21(34)20(33)16(31)8-39-18/h3-7,16,18,20-24,26-27,29-36H,8-9H2,1-2H3/t16-,18-,20-,21+,22+,23+,24-,26+,27-/m0/s1.